The van der Waals surface area contributed by atoms with E-state index in [4.69, 9.17) is 0 Å². The van der Waals surface area contributed by atoms with Crippen molar-refractivity contribution in [1.82, 2.24) is 0 Å². The predicted octanol–water partition coefficient (Wildman–Crippen LogP) is 3.79. The van der Waals surface area contributed by atoms with Gasteiger partial charge in [0.15, 0.2) is 6.29 Å². The number of nitrogens with zero attached hydrogens (tertiary/aromatic N) is 2. The van der Waals surface area contributed by atoms with Gasteiger partial charge in [0.2, 0.25) is 0 Å². The lowest BCUT2D eigenvalue weighted by Crippen LogP contribution is -2.12. The number of nitro groups is 1. The lowest BCUT2D eigenvalue weighted by Gasteiger charge is -2.22. The highest BCUT2D eigenvalue weighted by Gasteiger charge is 2.14. The fraction of sp³-hybridized carbons (Fsp3) is 0.188. The molecule has 0 saturated carbocycles. The molecule has 0 unspecified atom stereocenters. The molecular formula is C16H16N2O3. The van der Waals surface area contributed by atoms with Crippen molar-refractivity contribution < 1.29 is 9.72 Å². The first-order valence-corrected chi connectivity index (χ1v) is 6.48. The van der Waals surface area contributed by atoms with Gasteiger partial charge in [-0.2, -0.15) is 0 Å². The molecule has 108 valence electrons. The molecule has 5 heteroatoms. The maximum Gasteiger partial charge on any atom is 0.270 e. The molecule has 0 N–H and O–H groups in total. The van der Waals surface area contributed by atoms with Gasteiger partial charge < -0.3 is 4.90 Å². The molecule has 2 aromatic rings. The SMILES string of the molecule is Cc1cc(C)cc(N(C)c2ccc([N+](=O)[O-])cc2C=O)c1. The molecule has 0 spiro atoms. The van der Waals surface area contributed by atoms with Gasteiger partial charge in [-0.1, -0.05) is 6.07 Å². The van der Waals surface area contributed by atoms with Gasteiger partial charge in [0, 0.05) is 30.4 Å². The number of non-ortho nitro benzene ring substituents is 1. The molecular weight excluding hydrogens is 268 g/mol. The summed E-state index contributed by atoms with van der Waals surface area (Å²) in [6, 6.07) is 10.4. The van der Waals surface area contributed by atoms with Gasteiger partial charge in [-0.15, -0.1) is 0 Å². The van der Waals surface area contributed by atoms with Gasteiger partial charge in [-0.25, -0.2) is 0 Å². The Morgan fingerprint density at radius 1 is 1.10 bits per heavy atom. The third kappa shape index (κ3) is 3.08. The van der Waals surface area contributed by atoms with Crippen LogP contribution in [0.25, 0.3) is 0 Å². The van der Waals surface area contributed by atoms with Crippen LogP contribution in [-0.4, -0.2) is 18.3 Å². The van der Waals surface area contributed by atoms with E-state index in [-0.39, 0.29) is 5.69 Å². The van der Waals surface area contributed by atoms with E-state index in [1.54, 1.807) is 6.07 Å². The largest absolute Gasteiger partial charge is 0.344 e. The van der Waals surface area contributed by atoms with E-state index >= 15 is 0 Å². The van der Waals surface area contributed by atoms with Crippen LogP contribution in [0.4, 0.5) is 17.1 Å². The normalized spacial score (nSPS) is 10.2. The molecule has 0 atom stereocenters. The molecule has 2 aromatic carbocycles. The Balaban J connectivity index is 2.49. The molecule has 5 nitrogen and oxygen atoms in total. The van der Waals surface area contributed by atoms with Crippen molar-refractivity contribution in [2.75, 3.05) is 11.9 Å². The van der Waals surface area contributed by atoms with Crippen LogP contribution in [0.2, 0.25) is 0 Å². The smallest absolute Gasteiger partial charge is 0.270 e. The number of hydrogen-bond acceptors (Lipinski definition) is 4. The summed E-state index contributed by atoms with van der Waals surface area (Å²) in [6.45, 7) is 4.00. The van der Waals surface area contributed by atoms with Crippen molar-refractivity contribution in [1.29, 1.82) is 0 Å². The van der Waals surface area contributed by atoms with Crippen molar-refractivity contribution >= 4 is 23.3 Å². The fourth-order valence-corrected chi connectivity index (χ4v) is 2.34. The number of aldehydes is 1. The molecule has 0 heterocycles. The Kier molecular flexibility index (Phi) is 4.03. The van der Waals surface area contributed by atoms with Crippen LogP contribution in [0, 0.1) is 24.0 Å². The number of nitro benzene ring substituents is 1. The number of anilines is 2. The first kappa shape index (κ1) is 14.7. The van der Waals surface area contributed by atoms with Gasteiger partial charge in [0.1, 0.15) is 0 Å². The first-order valence-electron chi connectivity index (χ1n) is 6.48. The average molecular weight is 284 g/mol. The Bertz CT molecular complexity index is 690. The predicted molar refractivity (Wildman–Crippen MR) is 82.5 cm³/mol. The zero-order valence-electron chi connectivity index (χ0n) is 12.2. The number of rotatable bonds is 4. The van der Waals surface area contributed by atoms with E-state index in [9.17, 15) is 14.9 Å². The minimum atomic E-state index is -0.506. The summed E-state index contributed by atoms with van der Waals surface area (Å²) in [6.07, 6.45) is 0.640. The molecule has 0 aliphatic heterocycles. The van der Waals surface area contributed by atoms with Crippen LogP contribution in [0.3, 0.4) is 0 Å². The zero-order valence-corrected chi connectivity index (χ0v) is 12.2. The highest BCUT2D eigenvalue weighted by Crippen LogP contribution is 2.30. The van der Waals surface area contributed by atoms with Crippen LogP contribution in [0.15, 0.2) is 36.4 Å². The summed E-state index contributed by atoms with van der Waals surface area (Å²) >= 11 is 0. The lowest BCUT2D eigenvalue weighted by molar-refractivity contribution is -0.384. The standard InChI is InChI=1S/C16H16N2O3/c1-11-6-12(2)8-15(7-11)17(3)16-5-4-14(18(20)21)9-13(16)10-19/h4-10H,1-3H3. The maximum absolute atomic E-state index is 11.2. The van der Waals surface area contributed by atoms with Crippen molar-refractivity contribution in [2.24, 2.45) is 0 Å². The quantitative estimate of drug-likeness (QED) is 0.487. The summed E-state index contributed by atoms with van der Waals surface area (Å²) in [5.74, 6) is 0. The molecule has 0 bridgehead atoms. The number of benzene rings is 2. The Morgan fingerprint density at radius 2 is 1.71 bits per heavy atom. The summed E-state index contributed by atoms with van der Waals surface area (Å²) < 4.78 is 0. The maximum atomic E-state index is 11.2. The molecule has 0 saturated heterocycles. The van der Waals surface area contributed by atoms with Crippen LogP contribution in [0.5, 0.6) is 0 Å². The zero-order chi connectivity index (χ0) is 15.6. The van der Waals surface area contributed by atoms with Gasteiger partial charge in [-0.05, 0) is 43.2 Å². The van der Waals surface area contributed by atoms with E-state index in [0.29, 0.717) is 17.5 Å². The van der Waals surface area contributed by atoms with Crippen LogP contribution >= 0.6 is 0 Å². The molecule has 0 radical (unpaired) electrons. The first-order chi connectivity index (χ1) is 9.92. The second kappa shape index (κ2) is 5.75. The van der Waals surface area contributed by atoms with Gasteiger partial charge in [0.05, 0.1) is 10.6 Å². The van der Waals surface area contributed by atoms with Gasteiger partial charge >= 0.3 is 0 Å². The van der Waals surface area contributed by atoms with E-state index < -0.39 is 4.92 Å². The summed E-state index contributed by atoms with van der Waals surface area (Å²) in [4.78, 5) is 23.4. The molecule has 2 rings (SSSR count). The highest BCUT2D eigenvalue weighted by molar-refractivity contribution is 5.88. The van der Waals surface area contributed by atoms with Crippen molar-refractivity contribution in [3.8, 4) is 0 Å². The van der Waals surface area contributed by atoms with Crippen molar-refractivity contribution in [3.05, 3.63) is 63.2 Å². The van der Waals surface area contributed by atoms with Crippen molar-refractivity contribution in [3.63, 3.8) is 0 Å². The van der Waals surface area contributed by atoms with Gasteiger partial charge in [0.25, 0.3) is 5.69 Å². The summed E-state index contributed by atoms with van der Waals surface area (Å²) in [5.41, 5.74) is 4.02. The third-order valence-corrected chi connectivity index (χ3v) is 3.30. The number of hydrogen-bond donors (Lipinski definition) is 0. The van der Waals surface area contributed by atoms with Gasteiger partial charge in [-0.3, -0.25) is 14.9 Å². The molecule has 21 heavy (non-hydrogen) atoms. The Hall–Kier alpha value is -2.69. The second-order valence-electron chi connectivity index (χ2n) is 5.02. The summed E-state index contributed by atoms with van der Waals surface area (Å²) in [5, 5.41) is 10.8. The highest BCUT2D eigenvalue weighted by atomic mass is 16.6. The minimum Gasteiger partial charge on any atom is -0.344 e. The molecule has 0 aromatic heterocycles. The van der Waals surface area contributed by atoms with E-state index in [1.807, 2.05) is 37.9 Å². The Labute approximate surface area is 123 Å². The van der Waals surface area contributed by atoms with E-state index in [1.165, 1.54) is 12.1 Å². The third-order valence-electron chi connectivity index (χ3n) is 3.30. The van der Waals surface area contributed by atoms with E-state index in [2.05, 4.69) is 6.07 Å². The number of carbonyl (C=O) groups excluding carboxylic acids is 1. The van der Waals surface area contributed by atoms with Crippen LogP contribution in [0.1, 0.15) is 21.5 Å². The summed E-state index contributed by atoms with van der Waals surface area (Å²) in [7, 11) is 1.84. The van der Waals surface area contributed by atoms with E-state index in [0.717, 1.165) is 16.8 Å². The number of aryl methyl sites for hydroxylation is 2. The number of carbonyl (C=O) groups is 1. The minimum absolute atomic E-state index is 0.0883. The fourth-order valence-electron chi connectivity index (χ4n) is 2.34. The molecule has 0 amide bonds. The molecule has 0 fully saturated rings. The average Bonchev–Trinajstić information content (AvgIpc) is 2.44. The monoisotopic (exact) mass is 284 g/mol. The molecule has 0 aliphatic carbocycles. The lowest BCUT2D eigenvalue weighted by atomic mass is 10.1. The Morgan fingerprint density at radius 3 is 2.24 bits per heavy atom. The second-order valence-corrected chi connectivity index (χ2v) is 5.02. The topological polar surface area (TPSA) is 63.4 Å². The van der Waals surface area contributed by atoms with Crippen molar-refractivity contribution in [2.45, 2.75) is 13.8 Å². The van der Waals surface area contributed by atoms with Crippen LogP contribution in [-0.2, 0) is 0 Å². The molecule has 0 aliphatic rings. The van der Waals surface area contributed by atoms with Crippen LogP contribution < -0.4 is 4.90 Å².